The summed E-state index contributed by atoms with van der Waals surface area (Å²) in [6.45, 7) is 6.12. The van der Waals surface area contributed by atoms with Crippen LogP contribution in [0.2, 0.25) is 0 Å². The Balaban J connectivity index is 2.08. The van der Waals surface area contributed by atoms with E-state index in [1.807, 2.05) is 0 Å². The molecule has 1 nitrogen and oxygen atoms in total. The lowest BCUT2D eigenvalue weighted by molar-refractivity contribution is 0.321. The third-order valence-corrected chi connectivity index (χ3v) is 2.94. The summed E-state index contributed by atoms with van der Waals surface area (Å²) in [5.41, 5.74) is 0. The predicted molar refractivity (Wildman–Crippen MR) is 54.8 cm³/mol. The number of rotatable bonds is 5. The maximum absolute atomic E-state index is 5.65. The van der Waals surface area contributed by atoms with Crippen LogP contribution in [0.5, 0.6) is 0 Å². The molecule has 1 saturated heterocycles. The average Bonchev–Trinajstić information content (AvgIpc) is 2.50. The van der Waals surface area contributed by atoms with Crippen molar-refractivity contribution in [1.82, 2.24) is 4.90 Å². The first-order valence-corrected chi connectivity index (χ1v) is 5.68. The quantitative estimate of drug-likeness (QED) is 0.602. The van der Waals surface area contributed by atoms with Gasteiger partial charge in [-0.3, -0.25) is 0 Å². The van der Waals surface area contributed by atoms with E-state index in [0.717, 1.165) is 18.2 Å². The van der Waals surface area contributed by atoms with Crippen LogP contribution in [0.1, 0.15) is 32.6 Å². The van der Waals surface area contributed by atoms with Crippen LogP contribution >= 0.6 is 11.6 Å². The van der Waals surface area contributed by atoms with E-state index in [4.69, 9.17) is 11.6 Å². The minimum atomic E-state index is 0.814. The molecule has 0 aromatic rings. The maximum Gasteiger partial charge on any atom is 0.0235 e. The monoisotopic (exact) mass is 189 g/mol. The van der Waals surface area contributed by atoms with E-state index >= 15 is 0 Å². The summed E-state index contributed by atoms with van der Waals surface area (Å²) in [4.78, 5) is 2.56. The van der Waals surface area contributed by atoms with Gasteiger partial charge in [-0.2, -0.15) is 0 Å². The molecule has 0 aromatic heterocycles. The predicted octanol–water partition coefficient (Wildman–Crippen LogP) is 2.74. The van der Waals surface area contributed by atoms with E-state index in [0.29, 0.717) is 0 Å². The highest BCUT2D eigenvalue weighted by Gasteiger charge is 2.20. The molecule has 0 saturated carbocycles. The number of alkyl halides is 1. The Hall–Kier alpha value is 0.250. The normalized spacial score (nSPS) is 25.0. The molecule has 0 aromatic carbocycles. The Bertz CT molecular complexity index is 116. The van der Waals surface area contributed by atoms with E-state index in [9.17, 15) is 0 Å². The van der Waals surface area contributed by atoms with Gasteiger partial charge in [-0.05, 0) is 38.3 Å². The number of nitrogens with zero attached hydrogens (tertiary/aromatic N) is 1. The van der Waals surface area contributed by atoms with Gasteiger partial charge < -0.3 is 4.90 Å². The molecule has 0 aliphatic carbocycles. The second kappa shape index (κ2) is 5.82. The van der Waals surface area contributed by atoms with Gasteiger partial charge in [-0.15, -0.1) is 11.6 Å². The van der Waals surface area contributed by atoms with Gasteiger partial charge >= 0.3 is 0 Å². The molecular formula is C10H20ClN. The fourth-order valence-corrected chi connectivity index (χ4v) is 2.16. The lowest BCUT2D eigenvalue weighted by atomic mass is 10.0. The lowest BCUT2D eigenvalue weighted by Crippen LogP contribution is -2.22. The fraction of sp³-hybridized carbons (Fsp3) is 1.00. The maximum atomic E-state index is 5.65. The summed E-state index contributed by atoms with van der Waals surface area (Å²) in [5.74, 6) is 1.79. The summed E-state index contributed by atoms with van der Waals surface area (Å²) in [5, 5.41) is 0. The zero-order valence-electron chi connectivity index (χ0n) is 8.06. The zero-order chi connectivity index (χ0) is 8.81. The van der Waals surface area contributed by atoms with Gasteiger partial charge in [0.2, 0.25) is 0 Å². The molecule has 1 aliphatic rings. The van der Waals surface area contributed by atoms with Crippen molar-refractivity contribution < 1.29 is 0 Å². The molecule has 2 heteroatoms. The molecule has 1 heterocycles. The standard InChI is InChI=1S/C10H20ClN/c1-2-4-10-5-8-12(9-10)7-3-6-11/h10H,2-9H2,1H3. The van der Waals surface area contributed by atoms with Gasteiger partial charge in [-0.1, -0.05) is 13.3 Å². The minimum Gasteiger partial charge on any atom is -0.303 e. The third kappa shape index (κ3) is 3.32. The van der Waals surface area contributed by atoms with Crippen molar-refractivity contribution in [1.29, 1.82) is 0 Å². The van der Waals surface area contributed by atoms with Crippen LogP contribution in [-0.4, -0.2) is 30.4 Å². The Morgan fingerprint density at radius 3 is 3.00 bits per heavy atom. The second-order valence-corrected chi connectivity index (χ2v) is 4.16. The molecule has 1 fully saturated rings. The molecule has 0 radical (unpaired) electrons. The SMILES string of the molecule is CCCC1CCN(CCCCl)C1. The Morgan fingerprint density at radius 2 is 2.33 bits per heavy atom. The summed E-state index contributed by atoms with van der Waals surface area (Å²) < 4.78 is 0. The van der Waals surface area contributed by atoms with Crippen molar-refractivity contribution in [2.45, 2.75) is 32.6 Å². The number of hydrogen-bond donors (Lipinski definition) is 0. The molecule has 12 heavy (non-hydrogen) atoms. The van der Waals surface area contributed by atoms with E-state index in [2.05, 4.69) is 11.8 Å². The minimum absolute atomic E-state index is 0.814. The van der Waals surface area contributed by atoms with E-state index < -0.39 is 0 Å². The molecule has 1 rings (SSSR count). The molecule has 72 valence electrons. The fourth-order valence-electron chi connectivity index (χ4n) is 2.04. The largest absolute Gasteiger partial charge is 0.303 e. The zero-order valence-corrected chi connectivity index (χ0v) is 8.82. The summed E-state index contributed by atoms with van der Waals surface area (Å²) in [7, 11) is 0. The molecule has 1 atom stereocenters. The van der Waals surface area contributed by atoms with Gasteiger partial charge in [0, 0.05) is 12.4 Å². The van der Waals surface area contributed by atoms with Crippen molar-refractivity contribution in [3.63, 3.8) is 0 Å². The topological polar surface area (TPSA) is 3.24 Å². The molecule has 1 aliphatic heterocycles. The molecule has 0 spiro atoms. The Morgan fingerprint density at radius 1 is 1.50 bits per heavy atom. The van der Waals surface area contributed by atoms with Crippen LogP contribution in [0.3, 0.4) is 0 Å². The number of halogens is 1. The second-order valence-electron chi connectivity index (χ2n) is 3.79. The molecule has 0 N–H and O–H groups in total. The van der Waals surface area contributed by atoms with Crippen LogP contribution < -0.4 is 0 Å². The van der Waals surface area contributed by atoms with Gasteiger partial charge in [0.15, 0.2) is 0 Å². The highest BCUT2D eigenvalue weighted by Crippen LogP contribution is 2.20. The van der Waals surface area contributed by atoms with Crippen molar-refractivity contribution in [2.75, 3.05) is 25.5 Å². The first-order valence-electron chi connectivity index (χ1n) is 5.15. The van der Waals surface area contributed by atoms with Crippen molar-refractivity contribution in [3.05, 3.63) is 0 Å². The van der Waals surface area contributed by atoms with Gasteiger partial charge in [-0.25, -0.2) is 0 Å². The van der Waals surface area contributed by atoms with Crippen LogP contribution in [0.15, 0.2) is 0 Å². The van der Waals surface area contributed by atoms with Crippen LogP contribution in [0.4, 0.5) is 0 Å². The Labute approximate surface area is 81.1 Å². The van der Waals surface area contributed by atoms with Crippen molar-refractivity contribution in [2.24, 2.45) is 5.92 Å². The molecular weight excluding hydrogens is 170 g/mol. The third-order valence-electron chi connectivity index (χ3n) is 2.67. The molecule has 0 amide bonds. The number of hydrogen-bond acceptors (Lipinski definition) is 1. The average molecular weight is 190 g/mol. The highest BCUT2D eigenvalue weighted by molar-refractivity contribution is 6.17. The molecule has 1 unspecified atom stereocenters. The van der Waals surface area contributed by atoms with Gasteiger partial charge in [0.1, 0.15) is 0 Å². The summed E-state index contributed by atoms with van der Waals surface area (Å²) in [6, 6.07) is 0. The first kappa shape index (κ1) is 10.3. The van der Waals surface area contributed by atoms with Crippen LogP contribution in [0, 0.1) is 5.92 Å². The Kier molecular flexibility index (Phi) is 5.01. The van der Waals surface area contributed by atoms with Gasteiger partial charge in [0.05, 0.1) is 0 Å². The first-order chi connectivity index (χ1) is 5.86. The van der Waals surface area contributed by atoms with E-state index in [1.54, 1.807) is 0 Å². The van der Waals surface area contributed by atoms with Crippen LogP contribution in [0.25, 0.3) is 0 Å². The van der Waals surface area contributed by atoms with Crippen molar-refractivity contribution >= 4 is 11.6 Å². The van der Waals surface area contributed by atoms with Gasteiger partial charge in [0.25, 0.3) is 0 Å². The summed E-state index contributed by atoms with van der Waals surface area (Å²) in [6.07, 6.45) is 5.32. The lowest BCUT2D eigenvalue weighted by Gasteiger charge is -2.14. The number of likely N-dealkylation sites (tertiary alicyclic amines) is 1. The summed E-state index contributed by atoms with van der Waals surface area (Å²) >= 11 is 5.65. The van der Waals surface area contributed by atoms with Crippen LogP contribution in [-0.2, 0) is 0 Å². The van der Waals surface area contributed by atoms with E-state index in [-0.39, 0.29) is 0 Å². The smallest absolute Gasteiger partial charge is 0.0235 e. The highest BCUT2D eigenvalue weighted by atomic mass is 35.5. The van der Waals surface area contributed by atoms with Crippen molar-refractivity contribution in [3.8, 4) is 0 Å². The molecule has 0 bridgehead atoms. The van der Waals surface area contributed by atoms with E-state index in [1.165, 1.54) is 38.9 Å².